The Morgan fingerprint density at radius 3 is 2.73 bits per heavy atom. The van der Waals surface area contributed by atoms with E-state index in [1.54, 1.807) is 7.11 Å². The van der Waals surface area contributed by atoms with Gasteiger partial charge in [-0.3, -0.25) is 0 Å². The molecule has 0 radical (unpaired) electrons. The molecule has 4 heteroatoms. The fourth-order valence-electron chi connectivity index (χ4n) is 2.20. The van der Waals surface area contributed by atoms with Gasteiger partial charge < -0.3 is 14.8 Å². The summed E-state index contributed by atoms with van der Waals surface area (Å²) in [5.41, 5.74) is 0.494. The Balaban J connectivity index is 2.11. The third-order valence-electron chi connectivity index (χ3n) is 3.17. The van der Waals surface area contributed by atoms with E-state index < -0.39 is 11.7 Å². The number of benzene rings is 2. The van der Waals surface area contributed by atoms with Crippen molar-refractivity contribution in [1.82, 2.24) is 5.32 Å². The van der Waals surface area contributed by atoms with Crippen LogP contribution in [0.15, 0.2) is 36.4 Å². The Bertz CT molecular complexity index is 707. The molecule has 1 amide bonds. The number of alkyl carbamates (subject to hydrolysis) is 1. The zero-order valence-corrected chi connectivity index (χ0v) is 13.5. The van der Waals surface area contributed by atoms with E-state index in [2.05, 4.69) is 5.32 Å². The van der Waals surface area contributed by atoms with Crippen molar-refractivity contribution in [3.63, 3.8) is 0 Å². The maximum Gasteiger partial charge on any atom is 0.407 e. The fraction of sp³-hybridized carbons (Fsp3) is 0.389. The summed E-state index contributed by atoms with van der Waals surface area (Å²) < 4.78 is 18.4. The summed E-state index contributed by atoms with van der Waals surface area (Å²) in [6.45, 7) is 5.94. The third-order valence-corrected chi connectivity index (χ3v) is 3.17. The first-order valence-electron chi connectivity index (χ1n) is 7.82. The predicted molar refractivity (Wildman–Crippen MR) is 88.4 cm³/mol. The van der Waals surface area contributed by atoms with Crippen molar-refractivity contribution in [1.29, 1.82) is 0 Å². The van der Waals surface area contributed by atoms with Crippen LogP contribution in [0.25, 0.3) is 10.8 Å². The SMILES string of the molecule is [2H]c1cc(CCNC(=O)OC(C)(C)C)c2cc(OC)ccc2c1. The lowest BCUT2D eigenvalue weighted by atomic mass is 10.0. The number of hydrogen-bond acceptors (Lipinski definition) is 3. The van der Waals surface area contributed by atoms with E-state index in [0.717, 1.165) is 22.1 Å². The van der Waals surface area contributed by atoms with Crippen LogP contribution in [-0.2, 0) is 11.2 Å². The van der Waals surface area contributed by atoms with Crippen LogP contribution in [0.3, 0.4) is 0 Å². The molecule has 0 atom stereocenters. The van der Waals surface area contributed by atoms with Gasteiger partial charge in [0.2, 0.25) is 0 Å². The summed E-state index contributed by atoms with van der Waals surface area (Å²) in [5.74, 6) is 0.775. The van der Waals surface area contributed by atoms with Gasteiger partial charge in [-0.15, -0.1) is 0 Å². The van der Waals surface area contributed by atoms with Gasteiger partial charge in [0.05, 0.1) is 8.48 Å². The highest BCUT2D eigenvalue weighted by atomic mass is 16.6. The average Bonchev–Trinajstić information content (AvgIpc) is 2.44. The molecule has 0 aliphatic carbocycles. The van der Waals surface area contributed by atoms with E-state index in [0.29, 0.717) is 19.0 Å². The van der Waals surface area contributed by atoms with Crippen LogP contribution in [0.5, 0.6) is 5.75 Å². The molecule has 1 N–H and O–H groups in total. The normalized spacial score (nSPS) is 11.9. The maximum absolute atomic E-state index is 11.7. The van der Waals surface area contributed by atoms with Crippen LogP contribution in [0, 0.1) is 0 Å². The molecule has 118 valence electrons. The smallest absolute Gasteiger partial charge is 0.407 e. The number of ether oxygens (including phenoxy) is 2. The van der Waals surface area contributed by atoms with Gasteiger partial charge in [0, 0.05) is 6.54 Å². The number of rotatable bonds is 4. The highest BCUT2D eigenvalue weighted by Crippen LogP contribution is 2.24. The van der Waals surface area contributed by atoms with Gasteiger partial charge >= 0.3 is 6.09 Å². The number of hydrogen-bond donors (Lipinski definition) is 1. The molecule has 22 heavy (non-hydrogen) atoms. The maximum atomic E-state index is 11.7. The molecule has 0 saturated carbocycles. The molecule has 0 aliphatic rings. The van der Waals surface area contributed by atoms with E-state index in [-0.39, 0.29) is 0 Å². The Morgan fingerprint density at radius 1 is 1.27 bits per heavy atom. The second-order valence-electron chi connectivity index (χ2n) is 6.11. The van der Waals surface area contributed by atoms with E-state index in [1.165, 1.54) is 0 Å². The van der Waals surface area contributed by atoms with Crippen LogP contribution < -0.4 is 10.1 Å². The average molecular weight is 302 g/mol. The Labute approximate surface area is 132 Å². The minimum absolute atomic E-state index is 0.429. The molecule has 0 saturated heterocycles. The number of fused-ring (bicyclic) bond motifs is 1. The van der Waals surface area contributed by atoms with E-state index >= 15 is 0 Å². The summed E-state index contributed by atoms with van der Waals surface area (Å²) in [6.07, 6.45) is 0.191. The largest absolute Gasteiger partial charge is 0.497 e. The standard InChI is InChI=1S/C18H23NO3/c1-18(2,3)22-17(20)19-11-10-14-7-5-6-13-8-9-15(21-4)12-16(13)14/h5-9,12H,10-11H2,1-4H3,(H,19,20)/i5D. The molecule has 0 unspecified atom stereocenters. The Hall–Kier alpha value is -2.23. The fourth-order valence-corrected chi connectivity index (χ4v) is 2.20. The second-order valence-corrected chi connectivity index (χ2v) is 6.11. The predicted octanol–water partition coefficient (Wildman–Crippen LogP) is 3.92. The van der Waals surface area contributed by atoms with Crippen LogP contribution in [-0.4, -0.2) is 25.3 Å². The van der Waals surface area contributed by atoms with Gasteiger partial charge in [-0.25, -0.2) is 4.79 Å². The molecule has 2 rings (SSSR count). The van der Waals surface area contributed by atoms with Gasteiger partial charge in [-0.1, -0.05) is 24.2 Å². The first-order chi connectivity index (χ1) is 10.8. The van der Waals surface area contributed by atoms with Crippen molar-refractivity contribution in [3.05, 3.63) is 41.9 Å². The number of nitrogens with one attached hydrogen (secondary N) is 1. The van der Waals surface area contributed by atoms with E-state index in [9.17, 15) is 4.79 Å². The Kier molecular flexibility index (Phi) is 4.47. The van der Waals surface area contributed by atoms with Crippen molar-refractivity contribution in [2.24, 2.45) is 0 Å². The van der Waals surface area contributed by atoms with Gasteiger partial charge in [-0.2, -0.15) is 0 Å². The lowest BCUT2D eigenvalue weighted by Gasteiger charge is -2.19. The van der Waals surface area contributed by atoms with Gasteiger partial charge in [0.25, 0.3) is 0 Å². The van der Waals surface area contributed by atoms with Crippen LogP contribution in [0.2, 0.25) is 0 Å². The topological polar surface area (TPSA) is 47.6 Å². The highest BCUT2D eigenvalue weighted by Gasteiger charge is 2.15. The van der Waals surface area contributed by atoms with Gasteiger partial charge in [-0.05, 0) is 55.7 Å². The van der Waals surface area contributed by atoms with Gasteiger partial charge in [0.15, 0.2) is 0 Å². The molecule has 0 fully saturated rings. The second kappa shape index (κ2) is 6.69. The molecule has 2 aromatic rings. The van der Waals surface area contributed by atoms with Gasteiger partial charge in [0.1, 0.15) is 11.4 Å². The summed E-state index contributed by atoms with van der Waals surface area (Å²) >= 11 is 0. The van der Waals surface area contributed by atoms with Crippen LogP contribution >= 0.6 is 0 Å². The minimum atomic E-state index is -0.509. The molecule has 0 aliphatic heterocycles. The summed E-state index contributed by atoms with van der Waals surface area (Å²) in [6, 6.07) is 9.87. The van der Waals surface area contributed by atoms with Crippen LogP contribution in [0.1, 0.15) is 27.7 Å². The lowest BCUT2D eigenvalue weighted by Crippen LogP contribution is -2.33. The number of carbonyl (C=O) groups excluding carboxylic acids is 1. The molecule has 4 nitrogen and oxygen atoms in total. The number of amides is 1. The van der Waals surface area contributed by atoms with E-state index in [4.69, 9.17) is 10.8 Å². The van der Waals surface area contributed by atoms with Crippen molar-refractivity contribution in [2.45, 2.75) is 32.8 Å². The van der Waals surface area contributed by atoms with Crippen molar-refractivity contribution in [2.75, 3.05) is 13.7 Å². The Morgan fingerprint density at radius 2 is 2.05 bits per heavy atom. The first kappa shape index (κ1) is 14.7. The van der Waals surface area contributed by atoms with Crippen LogP contribution in [0.4, 0.5) is 4.79 Å². The quantitative estimate of drug-likeness (QED) is 0.931. The van der Waals surface area contributed by atoms with E-state index in [1.807, 2.05) is 51.1 Å². The van der Waals surface area contributed by atoms with Crippen molar-refractivity contribution in [3.8, 4) is 5.75 Å². The molecular formula is C18H23NO3. The van der Waals surface area contributed by atoms with Crippen molar-refractivity contribution >= 4 is 16.9 Å². The number of methoxy groups -OCH3 is 1. The molecule has 2 aromatic carbocycles. The minimum Gasteiger partial charge on any atom is -0.497 e. The molecule has 0 spiro atoms. The number of carbonyl (C=O) groups is 1. The molecular weight excluding hydrogens is 278 g/mol. The third kappa shape index (κ3) is 4.38. The zero-order chi connectivity index (χ0) is 17.0. The lowest BCUT2D eigenvalue weighted by molar-refractivity contribution is 0.0528. The first-order valence-corrected chi connectivity index (χ1v) is 7.32. The zero-order valence-electron chi connectivity index (χ0n) is 14.5. The van der Waals surface area contributed by atoms with Crippen molar-refractivity contribution < 1.29 is 15.6 Å². The molecule has 0 aromatic heterocycles. The summed E-state index contributed by atoms with van der Waals surface area (Å²) in [7, 11) is 1.63. The monoisotopic (exact) mass is 302 g/mol. The summed E-state index contributed by atoms with van der Waals surface area (Å²) in [5, 5.41) is 4.77. The summed E-state index contributed by atoms with van der Waals surface area (Å²) in [4.78, 5) is 11.7. The molecule has 0 heterocycles. The molecule has 0 bridgehead atoms. The highest BCUT2D eigenvalue weighted by molar-refractivity contribution is 5.87.